The molecule has 0 aromatic heterocycles. The number of hydrogen-bond acceptors (Lipinski definition) is 4. The highest BCUT2D eigenvalue weighted by Gasteiger charge is 2.34. The van der Waals surface area contributed by atoms with Crippen molar-refractivity contribution in [2.45, 2.75) is 24.7 Å². The molecule has 3 rings (SSSR count). The maximum atomic E-state index is 13.8. The fraction of sp³-hybridized carbons (Fsp3) is 0.350. The Bertz CT molecular complexity index is 1010. The van der Waals surface area contributed by atoms with E-state index in [1.807, 2.05) is 0 Å². The van der Waals surface area contributed by atoms with Gasteiger partial charge in [0, 0.05) is 13.1 Å². The lowest BCUT2D eigenvalue weighted by Crippen LogP contribution is -2.43. The molecular formula is C20H22F2N2O4S. The van der Waals surface area contributed by atoms with Gasteiger partial charge in [0.05, 0.1) is 17.9 Å². The van der Waals surface area contributed by atoms with Gasteiger partial charge in [0.1, 0.15) is 23.1 Å². The van der Waals surface area contributed by atoms with Gasteiger partial charge in [-0.25, -0.2) is 17.2 Å². The Morgan fingerprint density at radius 2 is 1.90 bits per heavy atom. The molecule has 1 atom stereocenters. The standard InChI is InChI=1S/C20H22F2N2O4S/c1-13-11-15(8-9-18(13)28-2)29(26,27)24-10-4-5-14(12-24)20(25)23-19-16(21)6-3-7-17(19)22/h3,6-9,11,14H,4-5,10,12H2,1-2H3,(H,23,25)/t14-/m0/s1. The van der Waals surface area contributed by atoms with E-state index < -0.39 is 39.2 Å². The number of ether oxygens (including phenoxy) is 1. The monoisotopic (exact) mass is 424 g/mol. The molecule has 2 aromatic rings. The highest BCUT2D eigenvalue weighted by atomic mass is 32.2. The van der Waals surface area contributed by atoms with Crippen LogP contribution in [0.15, 0.2) is 41.3 Å². The van der Waals surface area contributed by atoms with Crippen molar-refractivity contribution in [3.05, 3.63) is 53.6 Å². The van der Waals surface area contributed by atoms with Gasteiger partial charge in [-0.05, 0) is 55.7 Å². The summed E-state index contributed by atoms with van der Waals surface area (Å²) in [7, 11) is -2.31. The zero-order valence-corrected chi connectivity index (χ0v) is 16.9. The Balaban J connectivity index is 1.77. The highest BCUT2D eigenvalue weighted by Crippen LogP contribution is 2.28. The second kappa shape index (κ2) is 8.46. The number of nitrogens with one attached hydrogen (secondary N) is 1. The summed E-state index contributed by atoms with van der Waals surface area (Å²) in [6, 6.07) is 7.85. The molecule has 0 spiro atoms. The third-order valence-electron chi connectivity index (χ3n) is 4.97. The van der Waals surface area contributed by atoms with Crippen molar-refractivity contribution in [3.8, 4) is 5.75 Å². The van der Waals surface area contributed by atoms with E-state index in [1.54, 1.807) is 13.0 Å². The van der Waals surface area contributed by atoms with Crippen LogP contribution in [0.4, 0.5) is 14.5 Å². The van der Waals surface area contributed by atoms with Crippen LogP contribution in [0.1, 0.15) is 18.4 Å². The number of nitrogens with zero attached hydrogens (tertiary/aromatic N) is 1. The summed E-state index contributed by atoms with van der Waals surface area (Å²) in [5, 5.41) is 2.26. The van der Waals surface area contributed by atoms with Gasteiger partial charge in [0.15, 0.2) is 0 Å². The van der Waals surface area contributed by atoms with Crippen LogP contribution in [-0.2, 0) is 14.8 Å². The van der Waals surface area contributed by atoms with E-state index in [1.165, 1.54) is 29.6 Å². The molecule has 1 N–H and O–H groups in total. The van der Waals surface area contributed by atoms with Gasteiger partial charge < -0.3 is 10.1 Å². The lowest BCUT2D eigenvalue weighted by molar-refractivity contribution is -0.120. The van der Waals surface area contributed by atoms with Crippen LogP contribution in [-0.4, -0.2) is 38.8 Å². The zero-order valence-electron chi connectivity index (χ0n) is 16.1. The van der Waals surface area contributed by atoms with Gasteiger partial charge in [-0.2, -0.15) is 4.31 Å². The topological polar surface area (TPSA) is 75.7 Å². The van der Waals surface area contributed by atoms with Crippen LogP contribution >= 0.6 is 0 Å². The van der Waals surface area contributed by atoms with Gasteiger partial charge in [0.25, 0.3) is 0 Å². The number of carbonyl (C=O) groups excluding carboxylic acids is 1. The molecule has 6 nitrogen and oxygen atoms in total. The SMILES string of the molecule is COc1ccc(S(=O)(=O)N2CCC[C@H](C(=O)Nc3c(F)cccc3F)C2)cc1C. The summed E-state index contributed by atoms with van der Waals surface area (Å²) in [6.45, 7) is 1.95. The molecule has 1 fully saturated rings. The summed E-state index contributed by atoms with van der Waals surface area (Å²) in [5.41, 5.74) is 0.151. The number of aryl methyl sites for hydroxylation is 1. The van der Waals surface area contributed by atoms with Crippen molar-refractivity contribution in [1.82, 2.24) is 4.31 Å². The predicted octanol–water partition coefficient (Wildman–Crippen LogP) is 3.32. The maximum absolute atomic E-state index is 13.8. The van der Waals surface area contributed by atoms with Gasteiger partial charge in [-0.3, -0.25) is 4.79 Å². The van der Waals surface area contributed by atoms with Crippen LogP contribution in [0.25, 0.3) is 0 Å². The van der Waals surface area contributed by atoms with Crippen LogP contribution in [0, 0.1) is 24.5 Å². The lowest BCUT2D eigenvalue weighted by Gasteiger charge is -2.31. The van der Waals surface area contributed by atoms with Crippen molar-refractivity contribution in [1.29, 1.82) is 0 Å². The Morgan fingerprint density at radius 3 is 2.52 bits per heavy atom. The van der Waals surface area contributed by atoms with E-state index in [-0.39, 0.29) is 18.0 Å². The Hall–Kier alpha value is -2.52. The average molecular weight is 424 g/mol. The van der Waals surface area contributed by atoms with Crippen LogP contribution in [0.2, 0.25) is 0 Å². The van der Waals surface area contributed by atoms with E-state index in [0.29, 0.717) is 24.2 Å². The second-order valence-electron chi connectivity index (χ2n) is 6.92. The Labute approximate surface area is 168 Å². The molecule has 1 heterocycles. The van der Waals surface area contributed by atoms with Gasteiger partial charge in [0.2, 0.25) is 15.9 Å². The molecule has 0 unspecified atom stereocenters. The number of halogens is 2. The first-order chi connectivity index (χ1) is 13.7. The summed E-state index contributed by atoms with van der Waals surface area (Å²) in [5.74, 6) is -2.51. The fourth-order valence-electron chi connectivity index (χ4n) is 3.38. The van der Waals surface area contributed by atoms with Crippen LogP contribution in [0.5, 0.6) is 5.75 Å². The molecule has 0 radical (unpaired) electrons. The molecule has 1 saturated heterocycles. The number of methoxy groups -OCH3 is 1. The number of anilines is 1. The first-order valence-electron chi connectivity index (χ1n) is 9.13. The zero-order chi connectivity index (χ0) is 21.2. The molecule has 1 aliphatic heterocycles. The molecule has 0 aliphatic carbocycles. The molecule has 1 amide bonds. The number of amides is 1. The van der Waals surface area contributed by atoms with Crippen molar-refractivity contribution >= 4 is 21.6 Å². The number of hydrogen-bond donors (Lipinski definition) is 1. The number of rotatable bonds is 5. The minimum absolute atomic E-state index is 0.0602. The minimum Gasteiger partial charge on any atom is -0.496 e. The van der Waals surface area contributed by atoms with Crippen molar-refractivity contribution < 1.29 is 26.7 Å². The quantitative estimate of drug-likeness (QED) is 0.799. The molecule has 1 aliphatic rings. The van der Waals surface area contributed by atoms with Gasteiger partial charge in [-0.1, -0.05) is 6.07 Å². The summed E-state index contributed by atoms with van der Waals surface area (Å²) in [4.78, 5) is 12.6. The van der Waals surface area contributed by atoms with Crippen molar-refractivity contribution in [2.75, 3.05) is 25.5 Å². The van der Waals surface area contributed by atoms with Crippen molar-refractivity contribution in [2.24, 2.45) is 5.92 Å². The normalized spacial score (nSPS) is 17.7. The molecule has 156 valence electrons. The largest absolute Gasteiger partial charge is 0.496 e. The van der Waals surface area contributed by atoms with Gasteiger partial charge >= 0.3 is 0 Å². The molecular weight excluding hydrogens is 402 g/mol. The van der Waals surface area contributed by atoms with E-state index in [0.717, 1.165) is 12.1 Å². The third kappa shape index (κ3) is 4.40. The predicted molar refractivity (Wildman–Crippen MR) is 104 cm³/mol. The molecule has 9 heteroatoms. The first kappa shape index (κ1) is 21.2. The van der Waals surface area contributed by atoms with E-state index >= 15 is 0 Å². The molecule has 0 saturated carbocycles. The summed E-state index contributed by atoms with van der Waals surface area (Å²) < 4.78 is 60.0. The minimum atomic E-state index is -3.82. The maximum Gasteiger partial charge on any atom is 0.243 e. The van der Waals surface area contributed by atoms with Crippen LogP contribution in [0.3, 0.4) is 0 Å². The lowest BCUT2D eigenvalue weighted by atomic mass is 9.98. The molecule has 0 bridgehead atoms. The second-order valence-corrected chi connectivity index (χ2v) is 8.86. The number of para-hydroxylation sites is 1. The molecule has 29 heavy (non-hydrogen) atoms. The Morgan fingerprint density at radius 1 is 1.21 bits per heavy atom. The number of benzene rings is 2. The fourth-order valence-corrected chi connectivity index (χ4v) is 4.99. The summed E-state index contributed by atoms with van der Waals surface area (Å²) in [6.07, 6.45) is 0.891. The smallest absolute Gasteiger partial charge is 0.243 e. The first-order valence-corrected chi connectivity index (χ1v) is 10.6. The highest BCUT2D eigenvalue weighted by molar-refractivity contribution is 7.89. The Kier molecular flexibility index (Phi) is 6.18. The van der Waals surface area contributed by atoms with E-state index in [2.05, 4.69) is 5.32 Å². The number of sulfonamides is 1. The van der Waals surface area contributed by atoms with Crippen LogP contribution < -0.4 is 10.1 Å². The number of carbonyl (C=O) groups is 1. The van der Waals surface area contributed by atoms with Crippen molar-refractivity contribution in [3.63, 3.8) is 0 Å². The third-order valence-corrected chi connectivity index (χ3v) is 6.83. The van der Waals surface area contributed by atoms with Gasteiger partial charge in [-0.15, -0.1) is 0 Å². The van der Waals surface area contributed by atoms with E-state index in [4.69, 9.17) is 4.74 Å². The summed E-state index contributed by atoms with van der Waals surface area (Å²) >= 11 is 0. The average Bonchev–Trinajstić information content (AvgIpc) is 2.70. The number of piperidine rings is 1. The molecule has 2 aromatic carbocycles. The van der Waals surface area contributed by atoms with E-state index in [9.17, 15) is 22.0 Å².